The highest BCUT2D eigenvalue weighted by Crippen LogP contribution is 2.38. The van der Waals surface area contributed by atoms with E-state index in [0.29, 0.717) is 23.8 Å². The molecule has 1 rings (SSSR count). The molecule has 21 heavy (non-hydrogen) atoms. The molecule has 0 aliphatic heterocycles. The summed E-state index contributed by atoms with van der Waals surface area (Å²) in [6.45, 7) is 5.73. The smallest absolute Gasteiger partial charge is 0.407 e. The standard InChI is InChI=1S/C15H23NO5/c1-15(2,3)21-14(17)16-9-10-7-11(18-4)13(20-6)12(8-10)19-5/h7-8H,9H2,1-6H3,(H,16,17). The van der Waals surface area contributed by atoms with Gasteiger partial charge in [0.1, 0.15) is 5.60 Å². The van der Waals surface area contributed by atoms with Crippen LogP contribution in [0.2, 0.25) is 0 Å². The number of methoxy groups -OCH3 is 3. The number of carbonyl (C=O) groups is 1. The summed E-state index contributed by atoms with van der Waals surface area (Å²) in [7, 11) is 4.63. The summed E-state index contributed by atoms with van der Waals surface area (Å²) < 4.78 is 20.9. The first-order valence-electron chi connectivity index (χ1n) is 6.56. The molecule has 6 nitrogen and oxygen atoms in total. The first-order chi connectivity index (χ1) is 9.80. The van der Waals surface area contributed by atoms with E-state index in [1.54, 1.807) is 33.5 Å². The highest BCUT2D eigenvalue weighted by molar-refractivity contribution is 5.67. The molecule has 1 aromatic rings. The molecule has 1 aromatic carbocycles. The number of hydrogen-bond donors (Lipinski definition) is 1. The van der Waals surface area contributed by atoms with Gasteiger partial charge in [-0.05, 0) is 38.5 Å². The van der Waals surface area contributed by atoms with Gasteiger partial charge in [-0.25, -0.2) is 4.79 Å². The van der Waals surface area contributed by atoms with Gasteiger partial charge >= 0.3 is 6.09 Å². The molecular weight excluding hydrogens is 274 g/mol. The zero-order valence-electron chi connectivity index (χ0n) is 13.4. The van der Waals surface area contributed by atoms with E-state index in [9.17, 15) is 4.79 Å². The van der Waals surface area contributed by atoms with Crippen LogP contribution in [0.25, 0.3) is 0 Å². The van der Waals surface area contributed by atoms with Gasteiger partial charge in [0, 0.05) is 6.54 Å². The largest absolute Gasteiger partial charge is 0.493 e. The number of rotatable bonds is 5. The summed E-state index contributed by atoms with van der Waals surface area (Å²) in [5.41, 5.74) is 0.287. The second-order valence-corrected chi connectivity index (χ2v) is 5.39. The molecule has 0 saturated carbocycles. The normalized spacial score (nSPS) is 10.8. The van der Waals surface area contributed by atoms with Crippen LogP contribution in [0.1, 0.15) is 26.3 Å². The molecule has 0 atom stereocenters. The number of nitrogens with one attached hydrogen (secondary N) is 1. The lowest BCUT2D eigenvalue weighted by molar-refractivity contribution is 0.0523. The Morgan fingerprint density at radius 3 is 1.95 bits per heavy atom. The molecule has 0 aliphatic rings. The molecule has 0 bridgehead atoms. The number of benzene rings is 1. The Morgan fingerprint density at radius 2 is 1.57 bits per heavy atom. The van der Waals surface area contributed by atoms with Crippen LogP contribution in [0.5, 0.6) is 17.2 Å². The SMILES string of the molecule is COc1cc(CNC(=O)OC(C)(C)C)cc(OC)c1OC. The van der Waals surface area contributed by atoms with Gasteiger partial charge in [0.2, 0.25) is 5.75 Å². The summed E-state index contributed by atoms with van der Waals surface area (Å²) in [6, 6.07) is 3.55. The molecule has 0 aliphatic carbocycles. The monoisotopic (exact) mass is 297 g/mol. The van der Waals surface area contributed by atoms with Crippen LogP contribution in [0.3, 0.4) is 0 Å². The van der Waals surface area contributed by atoms with E-state index in [-0.39, 0.29) is 0 Å². The second-order valence-electron chi connectivity index (χ2n) is 5.39. The van der Waals surface area contributed by atoms with E-state index in [4.69, 9.17) is 18.9 Å². The van der Waals surface area contributed by atoms with Crippen molar-refractivity contribution in [3.63, 3.8) is 0 Å². The van der Waals surface area contributed by atoms with Gasteiger partial charge in [-0.1, -0.05) is 0 Å². The van der Waals surface area contributed by atoms with Crippen molar-refractivity contribution < 1.29 is 23.7 Å². The molecule has 0 fully saturated rings. The number of ether oxygens (including phenoxy) is 4. The first-order valence-corrected chi connectivity index (χ1v) is 6.56. The molecule has 0 saturated heterocycles. The zero-order valence-corrected chi connectivity index (χ0v) is 13.4. The first kappa shape index (κ1) is 16.9. The minimum atomic E-state index is -0.528. The van der Waals surface area contributed by atoms with E-state index in [2.05, 4.69) is 5.32 Å². The quantitative estimate of drug-likeness (QED) is 0.905. The van der Waals surface area contributed by atoms with Gasteiger partial charge in [-0.3, -0.25) is 0 Å². The predicted molar refractivity (Wildman–Crippen MR) is 79.2 cm³/mol. The van der Waals surface area contributed by atoms with Gasteiger partial charge in [0.05, 0.1) is 21.3 Å². The second kappa shape index (κ2) is 7.06. The topological polar surface area (TPSA) is 66.0 Å². The number of alkyl carbamates (subject to hydrolysis) is 1. The van der Waals surface area contributed by atoms with Gasteiger partial charge in [-0.2, -0.15) is 0 Å². The fourth-order valence-corrected chi connectivity index (χ4v) is 1.73. The molecule has 6 heteroatoms. The van der Waals surface area contributed by atoms with Crippen LogP contribution in [-0.4, -0.2) is 33.0 Å². The van der Waals surface area contributed by atoms with Crippen LogP contribution in [-0.2, 0) is 11.3 Å². The van der Waals surface area contributed by atoms with E-state index in [1.165, 1.54) is 0 Å². The number of hydrogen-bond acceptors (Lipinski definition) is 5. The third-order valence-electron chi connectivity index (χ3n) is 2.56. The fourth-order valence-electron chi connectivity index (χ4n) is 1.73. The van der Waals surface area contributed by atoms with Gasteiger partial charge < -0.3 is 24.3 Å². The average molecular weight is 297 g/mol. The summed E-state index contributed by atoms with van der Waals surface area (Å²) in [6.07, 6.45) is -0.476. The van der Waals surface area contributed by atoms with E-state index >= 15 is 0 Å². The Morgan fingerprint density at radius 1 is 1.05 bits per heavy atom. The van der Waals surface area contributed by atoms with Gasteiger partial charge in [0.25, 0.3) is 0 Å². The lowest BCUT2D eigenvalue weighted by atomic mass is 10.2. The Hall–Kier alpha value is -2.11. The Kier molecular flexibility index (Phi) is 5.69. The van der Waals surface area contributed by atoms with Crippen molar-refractivity contribution in [1.29, 1.82) is 0 Å². The maximum absolute atomic E-state index is 11.6. The Bertz CT molecular complexity index is 468. The highest BCUT2D eigenvalue weighted by Gasteiger charge is 2.17. The number of amides is 1. The molecule has 0 heterocycles. The third kappa shape index (κ3) is 5.06. The highest BCUT2D eigenvalue weighted by atomic mass is 16.6. The van der Waals surface area contributed by atoms with Crippen LogP contribution in [0, 0.1) is 0 Å². The summed E-state index contributed by atoms with van der Waals surface area (Å²) in [4.78, 5) is 11.6. The van der Waals surface area contributed by atoms with Crippen LogP contribution in [0.4, 0.5) is 4.79 Å². The van der Waals surface area contributed by atoms with Gasteiger partial charge in [0.15, 0.2) is 11.5 Å². The van der Waals surface area contributed by atoms with Crippen molar-refractivity contribution in [2.75, 3.05) is 21.3 Å². The van der Waals surface area contributed by atoms with E-state index in [1.807, 2.05) is 20.8 Å². The van der Waals surface area contributed by atoms with Crippen molar-refractivity contribution in [2.24, 2.45) is 0 Å². The Labute approximate surface area is 125 Å². The minimum absolute atomic E-state index is 0.297. The summed E-state index contributed by atoms with van der Waals surface area (Å²) >= 11 is 0. The Balaban J connectivity index is 2.82. The van der Waals surface area contributed by atoms with Crippen molar-refractivity contribution in [1.82, 2.24) is 5.32 Å². The zero-order chi connectivity index (χ0) is 16.0. The molecule has 1 N–H and O–H groups in total. The van der Waals surface area contributed by atoms with E-state index in [0.717, 1.165) is 5.56 Å². The number of carbonyl (C=O) groups excluding carboxylic acids is 1. The van der Waals surface area contributed by atoms with Crippen molar-refractivity contribution >= 4 is 6.09 Å². The summed E-state index contributed by atoms with van der Waals surface area (Å²) in [5, 5.41) is 2.68. The van der Waals surface area contributed by atoms with Crippen LogP contribution >= 0.6 is 0 Å². The third-order valence-corrected chi connectivity index (χ3v) is 2.56. The van der Waals surface area contributed by atoms with Crippen LogP contribution in [0.15, 0.2) is 12.1 Å². The lowest BCUT2D eigenvalue weighted by Crippen LogP contribution is -2.32. The van der Waals surface area contributed by atoms with Crippen molar-refractivity contribution in [3.05, 3.63) is 17.7 Å². The summed E-state index contributed by atoms with van der Waals surface area (Å²) in [5.74, 6) is 1.59. The predicted octanol–water partition coefficient (Wildman–Crippen LogP) is 2.74. The minimum Gasteiger partial charge on any atom is -0.493 e. The van der Waals surface area contributed by atoms with Gasteiger partial charge in [-0.15, -0.1) is 0 Å². The fraction of sp³-hybridized carbons (Fsp3) is 0.533. The molecule has 0 aromatic heterocycles. The van der Waals surface area contributed by atoms with Crippen molar-refractivity contribution in [2.45, 2.75) is 32.9 Å². The lowest BCUT2D eigenvalue weighted by Gasteiger charge is -2.20. The van der Waals surface area contributed by atoms with E-state index < -0.39 is 11.7 Å². The molecule has 1 amide bonds. The molecule has 0 radical (unpaired) electrons. The average Bonchev–Trinajstić information content (AvgIpc) is 2.41. The molecule has 0 unspecified atom stereocenters. The maximum Gasteiger partial charge on any atom is 0.407 e. The maximum atomic E-state index is 11.6. The van der Waals surface area contributed by atoms with Crippen LogP contribution < -0.4 is 19.5 Å². The molecule has 118 valence electrons. The molecular formula is C15H23NO5. The van der Waals surface area contributed by atoms with Crippen molar-refractivity contribution in [3.8, 4) is 17.2 Å². The molecule has 0 spiro atoms.